The predicted octanol–water partition coefficient (Wildman–Crippen LogP) is 3.00. The lowest BCUT2D eigenvalue weighted by Gasteiger charge is -2.20. The normalized spacial score (nSPS) is 11.8. The van der Waals surface area contributed by atoms with Crippen molar-refractivity contribution >= 4 is 5.69 Å². The first-order chi connectivity index (χ1) is 12.6. The second-order valence-electron chi connectivity index (χ2n) is 6.29. The number of ether oxygens (including phenoxy) is 2. The summed E-state index contributed by atoms with van der Waals surface area (Å²) >= 11 is 0. The molecule has 0 aliphatic heterocycles. The van der Waals surface area contributed by atoms with Crippen LogP contribution in [0.25, 0.3) is 0 Å². The first-order valence-corrected chi connectivity index (χ1v) is 8.85. The Kier molecular flexibility index (Phi) is 7.41. The number of benzene rings is 2. The van der Waals surface area contributed by atoms with E-state index in [1.54, 1.807) is 13.2 Å². The Morgan fingerprint density at radius 3 is 2.27 bits per heavy atom. The van der Waals surface area contributed by atoms with Crippen LogP contribution in [0.15, 0.2) is 42.5 Å². The molecule has 1 atom stereocenters. The van der Waals surface area contributed by atoms with Crippen LogP contribution in [0.4, 0.5) is 5.69 Å². The summed E-state index contributed by atoms with van der Waals surface area (Å²) in [6.45, 7) is 4.49. The maximum absolute atomic E-state index is 11.5. The van der Waals surface area contributed by atoms with Gasteiger partial charge in [0.15, 0.2) is 11.5 Å². The number of quaternary nitrogens is 1. The van der Waals surface area contributed by atoms with Gasteiger partial charge in [-0.15, -0.1) is 0 Å². The highest BCUT2D eigenvalue weighted by atomic mass is 16.6. The fourth-order valence-corrected chi connectivity index (χ4v) is 3.04. The molecule has 0 saturated heterocycles. The minimum atomic E-state index is -0.350. The lowest BCUT2D eigenvalue weighted by Crippen LogP contribution is -3.09. The van der Waals surface area contributed by atoms with Gasteiger partial charge in [0.25, 0.3) is 5.69 Å². The van der Waals surface area contributed by atoms with Crippen LogP contribution in [0.5, 0.6) is 11.5 Å². The number of hydrogen-bond donors (Lipinski definition) is 1. The zero-order valence-electron chi connectivity index (χ0n) is 15.7. The monoisotopic (exact) mass is 359 g/mol. The molecule has 0 fully saturated rings. The quantitative estimate of drug-likeness (QED) is 0.523. The SMILES string of the molecule is CCCC[NH+](Cc1ccccc1)Cc1cc(OC)c(OC)cc1[N+](=O)[O-]. The van der Waals surface area contributed by atoms with E-state index >= 15 is 0 Å². The number of nitro groups is 1. The Morgan fingerprint density at radius 1 is 1.04 bits per heavy atom. The predicted molar refractivity (Wildman–Crippen MR) is 101 cm³/mol. The molecule has 2 aromatic rings. The third-order valence-corrected chi connectivity index (χ3v) is 4.40. The van der Waals surface area contributed by atoms with Gasteiger partial charge in [-0.05, 0) is 12.5 Å². The van der Waals surface area contributed by atoms with Crippen molar-refractivity contribution in [1.29, 1.82) is 0 Å². The highest BCUT2D eigenvalue weighted by Gasteiger charge is 2.23. The average molecular weight is 359 g/mol. The van der Waals surface area contributed by atoms with Gasteiger partial charge in [0.2, 0.25) is 0 Å². The Hall–Kier alpha value is -2.60. The van der Waals surface area contributed by atoms with Crippen molar-refractivity contribution in [2.75, 3.05) is 20.8 Å². The number of methoxy groups -OCH3 is 2. The number of nitrogens with zero attached hydrogens (tertiary/aromatic N) is 1. The summed E-state index contributed by atoms with van der Waals surface area (Å²) in [6, 6.07) is 13.4. The lowest BCUT2D eigenvalue weighted by molar-refractivity contribution is -0.927. The largest absolute Gasteiger partial charge is 0.493 e. The van der Waals surface area contributed by atoms with E-state index in [2.05, 4.69) is 19.1 Å². The van der Waals surface area contributed by atoms with Crippen molar-refractivity contribution in [2.24, 2.45) is 0 Å². The first-order valence-electron chi connectivity index (χ1n) is 8.85. The second-order valence-corrected chi connectivity index (χ2v) is 6.29. The zero-order chi connectivity index (χ0) is 18.9. The van der Waals surface area contributed by atoms with E-state index in [9.17, 15) is 10.1 Å². The highest BCUT2D eigenvalue weighted by molar-refractivity contribution is 5.54. The maximum Gasteiger partial charge on any atom is 0.282 e. The fourth-order valence-electron chi connectivity index (χ4n) is 3.04. The van der Waals surface area contributed by atoms with Crippen molar-refractivity contribution < 1.29 is 19.3 Å². The Bertz CT molecular complexity index is 719. The molecule has 0 heterocycles. The van der Waals surface area contributed by atoms with Crippen molar-refractivity contribution in [1.82, 2.24) is 0 Å². The van der Waals surface area contributed by atoms with Gasteiger partial charge in [0.05, 0.1) is 37.3 Å². The van der Waals surface area contributed by atoms with Crippen LogP contribution in [-0.4, -0.2) is 25.7 Å². The molecule has 6 nitrogen and oxygen atoms in total. The van der Waals surface area contributed by atoms with Crippen LogP contribution in [-0.2, 0) is 13.1 Å². The molecule has 0 radical (unpaired) electrons. The Morgan fingerprint density at radius 2 is 1.69 bits per heavy atom. The zero-order valence-corrected chi connectivity index (χ0v) is 15.7. The molecule has 0 aromatic heterocycles. The summed E-state index contributed by atoms with van der Waals surface area (Å²) in [5.41, 5.74) is 1.96. The van der Waals surface area contributed by atoms with Crippen LogP contribution in [0, 0.1) is 10.1 Å². The molecule has 0 amide bonds. The van der Waals surface area contributed by atoms with E-state index in [0.29, 0.717) is 23.6 Å². The number of hydrogen-bond acceptors (Lipinski definition) is 4. The summed E-state index contributed by atoms with van der Waals surface area (Å²) in [6.07, 6.45) is 2.16. The standard InChI is InChI=1S/C20H26N2O4/c1-4-5-11-21(14-16-9-7-6-8-10-16)15-17-12-19(25-2)20(26-3)13-18(17)22(23)24/h6-10,12-13H,4-5,11,14-15H2,1-3H3/p+1. The van der Waals surface area contributed by atoms with Crippen molar-refractivity contribution in [3.8, 4) is 11.5 Å². The first kappa shape index (κ1) is 19.7. The highest BCUT2D eigenvalue weighted by Crippen LogP contribution is 2.34. The molecule has 0 spiro atoms. The van der Waals surface area contributed by atoms with Crippen LogP contribution in [0.3, 0.4) is 0 Å². The van der Waals surface area contributed by atoms with Gasteiger partial charge in [0.1, 0.15) is 13.1 Å². The minimum Gasteiger partial charge on any atom is -0.493 e. The molecule has 1 N–H and O–H groups in total. The second kappa shape index (κ2) is 9.77. The number of rotatable bonds is 10. The van der Waals surface area contributed by atoms with E-state index in [0.717, 1.165) is 25.9 Å². The number of nitro benzene ring substituents is 1. The Balaban J connectivity index is 2.31. The molecule has 2 rings (SSSR count). The summed E-state index contributed by atoms with van der Waals surface area (Å²) in [4.78, 5) is 12.5. The molecule has 0 aliphatic carbocycles. The van der Waals surface area contributed by atoms with E-state index in [1.807, 2.05) is 18.2 Å². The third-order valence-electron chi connectivity index (χ3n) is 4.40. The van der Waals surface area contributed by atoms with E-state index in [1.165, 1.54) is 23.6 Å². The van der Waals surface area contributed by atoms with Crippen LogP contribution in [0.2, 0.25) is 0 Å². The third kappa shape index (κ3) is 5.20. The Labute approximate surface area is 154 Å². The molecule has 0 saturated carbocycles. The molecule has 0 aliphatic rings. The molecular formula is C20H27N2O4+. The van der Waals surface area contributed by atoms with Gasteiger partial charge in [-0.1, -0.05) is 43.7 Å². The topological polar surface area (TPSA) is 66.0 Å². The van der Waals surface area contributed by atoms with Crippen LogP contribution >= 0.6 is 0 Å². The molecule has 140 valence electrons. The summed E-state index contributed by atoms with van der Waals surface area (Å²) in [5.74, 6) is 0.892. The number of nitrogens with one attached hydrogen (secondary N) is 1. The van der Waals surface area contributed by atoms with Gasteiger partial charge in [-0.2, -0.15) is 0 Å². The van der Waals surface area contributed by atoms with Gasteiger partial charge in [-0.3, -0.25) is 10.1 Å². The van der Waals surface area contributed by atoms with E-state index in [-0.39, 0.29) is 10.6 Å². The maximum atomic E-state index is 11.5. The molecule has 2 aromatic carbocycles. The lowest BCUT2D eigenvalue weighted by atomic mass is 10.1. The molecule has 6 heteroatoms. The van der Waals surface area contributed by atoms with E-state index < -0.39 is 0 Å². The molecular weight excluding hydrogens is 332 g/mol. The van der Waals surface area contributed by atoms with Crippen molar-refractivity contribution in [3.05, 3.63) is 63.7 Å². The molecule has 0 bridgehead atoms. The van der Waals surface area contributed by atoms with Crippen LogP contribution in [0.1, 0.15) is 30.9 Å². The van der Waals surface area contributed by atoms with Gasteiger partial charge < -0.3 is 14.4 Å². The van der Waals surface area contributed by atoms with E-state index in [4.69, 9.17) is 9.47 Å². The average Bonchev–Trinajstić information content (AvgIpc) is 2.66. The van der Waals surface area contributed by atoms with Crippen molar-refractivity contribution in [2.45, 2.75) is 32.9 Å². The minimum absolute atomic E-state index is 0.0738. The molecule has 26 heavy (non-hydrogen) atoms. The number of unbranched alkanes of at least 4 members (excludes halogenated alkanes) is 1. The van der Waals surface area contributed by atoms with Gasteiger partial charge >= 0.3 is 0 Å². The molecule has 1 unspecified atom stereocenters. The summed E-state index contributed by atoms with van der Waals surface area (Å²) in [5, 5.41) is 11.5. The summed E-state index contributed by atoms with van der Waals surface area (Å²) < 4.78 is 10.5. The van der Waals surface area contributed by atoms with Crippen molar-refractivity contribution in [3.63, 3.8) is 0 Å². The van der Waals surface area contributed by atoms with Gasteiger partial charge in [-0.25, -0.2) is 0 Å². The van der Waals surface area contributed by atoms with Crippen LogP contribution < -0.4 is 14.4 Å². The smallest absolute Gasteiger partial charge is 0.282 e. The van der Waals surface area contributed by atoms with Gasteiger partial charge in [0, 0.05) is 5.56 Å². The fraction of sp³-hybridized carbons (Fsp3) is 0.400. The summed E-state index contributed by atoms with van der Waals surface area (Å²) in [7, 11) is 3.02.